The van der Waals surface area contributed by atoms with Crippen molar-refractivity contribution in [2.45, 2.75) is 19.3 Å². The molecule has 0 aromatic heterocycles. The van der Waals surface area contributed by atoms with Crippen LogP contribution in [0.1, 0.15) is 19.3 Å². The van der Waals surface area contributed by atoms with Crippen LogP contribution in [0, 0.1) is 5.82 Å². The van der Waals surface area contributed by atoms with Gasteiger partial charge in [0.1, 0.15) is 0 Å². The van der Waals surface area contributed by atoms with E-state index in [1.807, 2.05) is 0 Å². The SMILES string of the molecule is O=C(OOc1cccc(Br)c1F)N1CCCCC1. The number of hydrogen-bond donors (Lipinski definition) is 0. The van der Waals surface area contributed by atoms with Gasteiger partial charge in [-0.15, -0.1) is 0 Å². The van der Waals surface area contributed by atoms with Gasteiger partial charge in [-0.1, -0.05) is 6.07 Å². The minimum Gasteiger partial charge on any atom is -0.305 e. The van der Waals surface area contributed by atoms with Crippen molar-refractivity contribution in [3.05, 3.63) is 28.5 Å². The van der Waals surface area contributed by atoms with Crippen molar-refractivity contribution in [1.82, 2.24) is 4.90 Å². The molecule has 0 saturated carbocycles. The van der Waals surface area contributed by atoms with Crippen LogP contribution in [0.15, 0.2) is 22.7 Å². The quantitative estimate of drug-likeness (QED) is 0.619. The largest absolute Gasteiger partial charge is 0.452 e. The van der Waals surface area contributed by atoms with Crippen LogP contribution in [0.4, 0.5) is 9.18 Å². The number of rotatable bonds is 2. The monoisotopic (exact) mass is 317 g/mol. The average Bonchev–Trinajstić information content (AvgIpc) is 2.41. The lowest BCUT2D eigenvalue weighted by Gasteiger charge is -2.24. The normalized spacial score (nSPS) is 15.3. The van der Waals surface area contributed by atoms with Gasteiger partial charge < -0.3 is 4.90 Å². The molecule has 1 heterocycles. The van der Waals surface area contributed by atoms with E-state index >= 15 is 0 Å². The van der Waals surface area contributed by atoms with Crippen molar-refractivity contribution in [3.63, 3.8) is 0 Å². The third-order valence-corrected chi connectivity index (χ3v) is 3.35. The molecule has 0 spiro atoms. The zero-order valence-corrected chi connectivity index (χ0v) is 11.3. The van der Waals surface area contributed by atoms with E-state index in [2.05, 4.69) is 20.8 Å². The molecule has 0 aliphatic carbocycles. The van der Waals surface area contributed by atoms with Crippen molar-refractivity contribution in [2.24, 2.45) is 0 Å². The summed E-state index contributed by atoms with van der Waals surface area (Å²) in [6, 6.07) is 4.52. The molecular weight excluding hydrogens is 305 g/mol. The molecule has 0 bridgehead atoms. The number of halogens is 2. The Bertz CT molecular complexity index is 435. The summed E-state index contributed by atoms with van der Waals surface area (Å²) in [6.07, 6.45) is 2.46. The van der Waals surface area contributed by atoms with Gasteiger partial charge in [0, 0.05) is 13.1 Å². The molecule has 6 heteroatoms. The standard InChI is InChI=1S/C12H13BrFNO3/c13-9-5-4-6-10(11(9)14)17-18-12(16)15-7-2-1-3-8-15/h4-6H,1-3,7-8H2. The molecule has 2 rings (SSSR count). The molecule has 1 fully saturated rings. The summed E-state index contributed by atoms with van der Waals surface area (Å²) < 4.78 is 13.8. The summed E-state index contributed by atoms with van der Waals surface area (Å²) in [5, 5.41) is 0. The first-order valence-corrected chi connectivity index (χ1v) is 6.55. The maximum Gasteiger partial charge on any atom is 0.452 e. The first-order valence-electron chi connectivity index (χ1n) is 5.76. The van der Waals surface area contributed by atoms with E-state index in [0.717, 1.165) is 19.3 Å². The Balaban J connectivity index is 1.90. The lowest BCUT2D eigenvalue weighted by atomic mass is 10.1. The van der Waals surface area contributed by atoms with Gasteiger partial charge in [0.2, 0.25) is 5.75 Å². The van der Waals surface area contributed by atoms with Crippen molar-refractivity contribution in [3.8, 4) is 5.75 Å². The summed E-state index contributed by atoms with van der Waals surface area (Å²) in [7, 11) is 0. The summed E-state index contributed by atoms with van der Waals surface area (Å²) >= 11 is 3.02. The third-order valence-electron chi connectivity index (χ3n) is 2.73. The molecular formula is C12H13BrFNO3. The van der Waals surface area contributed by atoms with Gasteiger partial charge in [0.15, 0.2) is 5.82 Å². The van der Waals surface area contributed by atoms with Gasteiger partial charge in [-0.05, 0) is 47.3 Å². The van der Waals surface area contributed by atoms with Crippen LogP contribution in [0.25, 0.3) is 0 Å². The van der Waals surface area contributed by atoms with Crippen LogP contribution in [0.2, 0.25) is 0 Å². The van der Waals surface area contributed by atoms with Gasteiger partial charge in [0.05, 0.1) is 4.47 Å². The highest BCUT2D eigenvalue weighted by molar-refractivity contribution is 9.10. The Morgan fingerprint density at radius 1 is 1.28 bits per heavy atom. The highest BCUT2D eigenvalue weighted by Crippen LogP contribution is 2.24. The third kappa shape index (κ3) is 3.13. The van der Waals surface area contributed by atoms with E-state index in [0.29, 0.717) is 13.1 Å². The Hall–Kier alpha value is -1.30. The number of carbonyl (C=O) groups excluding carboxylic acids is 1. The molecule has 1 aromatic rings. The van der Waals surface area contributed by atoms with Crippen LogP contribution >= 0.6 is 15.9 Å². The molecule has 1 amide bonds. The summed E-state index contributed by atoms with van der Waals surface area (Å²) in [5.41, 5.74) is 0. The highest BCUT2D eigenvalue weighted by Gasteiger charge is 2.20. The lowest BCUT2D eigenvalue weighted by Crippen LogP contribution is -2.36. The number of hydrogen-bond acceptors (Lipinski definition) is 3. The van der Waals surface area contributed by atoms with Gasteiger partial charge in [-0.3, -0.25) is 4.89 Å². The Kier molecular flexibility index (Phi) is 4.41. The average molecular weight is 318 g/mol. The fourth-order valence-corrected chi connectivity index (χ4v) is 2.11. The summed E-state index contributed by atoms with van der Waals surface area (Å²) in [6.45, 7) is 1.31. The predicted molar refractivity (Wildman–Crippen MR) is 66.6 cm³/mol. The van der Waals surface area contributed by atoms with Gasteiger partial charge in [-0.2, -0.15) is 0 Å². The second kappa shape index (κ2) is 6.04. The molecule has 1 aliphatic rings. The summed E-state index contributed by atoms with van der Waals surface area (Å²) in [5.74, 6) is -0.710. The molecule has 0 unspecified atom stereocenters. The van der Waals surface area contributed by atoms with E-state index < -0.39 is 11.9 Å². The van der Waals surface area contributed by atoms with Crippen LogP contribution < -0.4 is 4.89 Å². The molecule has 1 saturated heterocycles. The van der Waals surface area contributed by atoms with E-state index in [1.165, 1.54) is 12.1 Å². The highest BCUT2D eigenvalue weighted by atomic mass is 79.9. The topological polar surface area (TPSA) is 38.8 Å². The van der Waals surface area contributed by atoms with Gasteiger partial charge >= 0.3 is 6.09 Å². The minimum atomic E-state index is -0.594. The van der Waals surface area contributed by atoms with Gasteiger partial charge in [0.25, 0.3) is 0 Å². The molecule has 0 radical (unpaired) electrons. The number of nitrogens with zero attached hydrogens (tertiary/aromatic N) is 1. The van der Waals surface area contributed by atoms with E-state index in [1.54, 1.807) is 11.0 Å². The second-order valence-corrected chi connectivity index (χ2v) is 4.89. The van der Waals surface area contributed by atoms with E-state index in [-0.39, 0.29) is 10.2 Å². The fraction of sp³-hybridized carbons (Fsp3) is 0.417. The maximum absolute atomic E-state index is 13.5. The van der Waals surface area contributed by atoms with E-state index in [9.17, 15) is 9.18 Å². The number of carbonyl (C=O) groups is 1. The second-order valence-electron chi connectivity index (χ2n) is 4.03. The van der Waals surface area contributed by atoms with Crippen LogP contribution in [-0.2, 0) is 4.89 Å². The summed E-state index contributed by atoms with van der Waals surface area (Å²) in [4.78, 5) is 22.5. The van der Waals surface area contributed by atoms with Crippen molar-refractivity contribution in [2.75, 3.05) is 13.1 Å². The van der Waals surface area contributed by atoms with E-state index in [4.69, 9.17) is 4.89 Å². The fourth-order valence-electron chi connectivity index (χ4n) is 1.76. The first-order chi connectivity index (χ1) is 8.68. The van der Waals surface area contributed by atoms with Gasteiger partial charge in [-0.25, -0.2) is 14.1 Å². The molecule has 0 N–H and O–H groups in total. The first kappa shape index (κ1) is 13.1. The minimum absolute atomic E-state index is 0.116. The number of likely N-dealkylation sites (tertiary alicyclic amines) is 1. The molecule has 98 valence electrons. The molecule has 0 atom stereocenters. The number of benzene rings is 1. The van der Waals surface area contributed by atoms with Crippen LogP contribution in [-0.4, -0.2) is 24.1 Å². The Labute approximate surface area is 113 Å². The maximum atomic E-state index is 13.5. The van der Waals surface area contributed by atoms with Crippen LogP contribution in [0.3, 0.4) is 0 Å². The predicted octanol–water partition coefficient (Wildman–Crippen LogP) is 3.50. The molecule has 1 aliphatic heterocycles. The van der Waals surface area contributed by atoms with Crippen LogP contribution in [0.5, 0.6) is 5.75 Å². The Morgan fingerprint density at radius 2 is 2.00 bits per heavy atom. The molecule has 18 heavy (non-hydrogen) atoms. The van der Waals surface area contributed by atoms with Crippen molar-refractivity contribution >= 4 is 22.0 Å². The molecule has 1 aromatic carbocycles. The molecule has 4 nitrogen and oxygen atoms in total. The van der Waals surface area contributed by atoms with Crippen molar-refractivity contribution < 1.29 is 19.0 Å². The zero-order valence-electron chi connectivity index (χ0n) is 9.70. The van der Waals surface area contributed by atoms with Crippen molar-refractivity contribution in [1.29, 1.82) is 0 Å². The lowest BCUT2D eigenvalue weighted by molar-refractivity contribution is -0.157. The zero-order chi connectivity index (χ0) is 13.0. The number of amides is 1. The Morgan fingerprint density at radius 3 is 2.72 bits per heavy atom. The smallest absolute Gasteiger partial charge is 0.305 e. The number of piperidine rings is 1.